The average molecular weight is 252 g/mol. The summed E-state index contributed by atoms with van der Waals surface area (Å²) < 4.78 is 5.09. The number of hydrogen-bond acceptors (Lipinski definition) is 2. The number of methoxy groups -OCH3 is 1. The molecule has 0 aliphatic carbocycles. The molecule has 2 amide bonds. The van der Waals surface area contributed by atoms with Gasteiger partial charge >= 0.3 is 6.03 Å². The van der Waals surface area contributed by atoms with E-state index in [1.807, 2.05) is 18.2 Å². The first kappa shape index (κ1) is 14.3. The van der Waals surface area contributed by atoms with Crippen LogP contribution in [-0.2, 0) is 0 Å². The van der Waals surface area contributed by atoms with E-state index in [4.69, 9.17) is 4.74 Å². The lowest BCUT2D eigenvalue weighted by Gasteiger charge is -2.10. The third kappa shape index (κ3) is 5.54. The number of urea groups is 1. The summed E-state index contributed by atoms with van der Waals surface area (Å²) in [5, 5.41) is 5.59. The fourth-order valence-electron chi connectivity index (χ4n) is 1.52. The molecule has 0 bridgehead atoms. The van der Waals surface area contributed by atoms with Crippen molar-refractivity contribution in [3.63, 3.8) is 0 Å². The number of amides is 2. The maximum absolute atomic E-state index is 11.6. The van der Waals surface area contributed by atoms with Gasteiger partial charge in [-0.1, -0.05) is 6.07 Å². The van der Waals surface area contributed by atoms with E-state index in [2.05, 4.69) is 24.7 Å². The van der Waals surface area contributed by atoms with Crippen LogP contribution in [0, 0.1) is 0 Å². The maximum atomic E-state index is 11.6. The molecule has 0 saturated heterocycles. The smallest absolute Gasteiger partial charge is 0.319 e. The number of ether oxygens (including phenoxy) is 1. The fraction of sp³-hybridized carbons (Fsp3) is 0.462. The van der Waals surface area contributed by atoms with Crippen molar-refractivity contribution in [2.75, 3.05) is 39.6 Å². The third-order valence-electron chi connectivity index (χ3n) is 2.47. The lowest BCUT2D eigenvalue weighted by atomic mass is 10.3. The molecule has 0 heterocycles. The zero-order valence-corrected chi connectivity index (χ0v) is 11.2. The van der Waals surface area contributed by atoms with Crippen LogP contribution in [0.2, 0.25) is 0 Å². The summed E-state index contributed by atoms with van der Waals surface area (Å²) in [5.74, 6) is 0.726. The Balaban J connectivity index is 2.30. The summed E-state index contributed by atoms with van der Waals surface area (Å²) in [7, 11) is 5.79. The normalized spacial score (nSPS) is 10.2. The van der Waals surface area contributed by atoms with Crippen LogP contribution < -0.4 is 20.3 Å². The lowest BCUT2D eigenvalue weighted by molar-refractivity contribution is -0.858. The van der Waals surface area contributed by atoms with Gasteiger partial charge in [0.05, 0.1) is 27.7 Å². The standard InChI is InChI=1S/C13H21N3O2/c1-16(2)9-5-8-14-13(17)15-11-6-4-7-12(10-11)18-3/h4,6-7,10H,5,8-9H2,1-3H3,(H2,14,15,17)/p+1. The van der Waals surface area contributed by atoms with Gasteiger partial charge in [0, 0.05) is 24.7 Å². The Morgan fingerprint density at radius 3 is 2.83 bits per heavy atom. The zero-order valence-electron chi connectivity index (χ0n) is 11.2. The second-order valence-electron chi connectivity index (χ2n) is 4.42. The van der Waals surface area contributed by atoms with Crippen molar-refractivity contribution in [1.29, 1.82) is 0 Å². The number of anilines is 1. The van der Waals surface area contributed by atoms with E-state index in [-0.39, 0.29) is 6.03 Å². The molecule has 0 atom stereocenters. The Morgan fingerprint density at radius 1 is 1.39 bits per heavy atom. The number of hydrogen-bond donors (Lipinski definition) is 3. The van der Waals surface area contributed by atoms with Crippen molar-refractivity contribution >= 4 is 11.7 Å². The average Bonchev–Trinajstić information content (AvgIpc) is 2.34. The molecule has 0 fully saturated rings. The van der Waals surface area contributed by atoms with Gasteiger partial charge in [0.2, 0.25) is 0 Å². The van der Waals surface area contributed by atoms with Crippen molar-refractivity contribution < 1.29 is 14.4 Å². The minimum atomic E-state index is -0.183. The number of carbonyl (C=O) groups is 1. The number of nitrogens with one attached hydrogen (secondary N) is 3. The lowest BCUT2D eigenvalue weighted by Crippen LogP contribution is -3.05. The van der Waals surface area contributed by atoms with Gasteiger partial charge < -0.3 is 20.3 Å². The molecule has 1 rings (SSSR count). The largest absolute Gasteiger partial charge is 0.497 e. The van der Waals surface area contributed by atoms with E-state index in [0.29, 0.717) is 6.54 Å². The maximum Gasteiger partial charge on any atom is 0.319 e. The monoisotopic (exact) mass is 252 g/mol. The number of quaternary nitrogens is 1. The third-order valence-corrected chi connectivity index (χ3v) is 2.47. The van der Waals surface area contributed by atoms with Gasteiger partial charge in [-0.05, 0) is 12.1 Å². The second-order valence-corrected chi connectivity index (χ2v) is 4.42. The van der Waals surface area contributed by atoms with Crippen LogP contribution in [-0.4, -0.2) is 40.3 Å². The molecule has 0 aliphatic rings. The zero-order chi connectivity index (χ0) is 13.4. The van der Waals surface area contributed by atoms with Gasteiger partial charge in [0.15, 0.2) is 0 Å². The summed E-state index contributed by atoms with van der Waals surface area (Å²) in [6, 6.07) is 7.10. The van der Waals surface area contributed by atoms with Crippen LogP contribution in [0.4, 0.5) is 10.5 Å². The summed E-state index contributed by atoms with van der Waals surface area (Å²) in [6.45, 7) is 1.72. The minimum Gasteiger partial charge on any atom is -0.497 e. The molecule has 0 radical (unpaired) electrons. The van der Waals surface area contributed by atoms with Gasteiger partial charge in [-0.15, -0.1) is 0 Å². The summed E-state index contributed by atoms with van der Waals surface area (Å²) >= 11 is 0. The highest BCUT2D eigenvalue weighted by Gasteiger charge is 2.02. The number of rotatable bonds is 6. The molecule has 5 nitrogen and oxygen atoms in total. The van der Waals surface area contributed by atoms with Crippen LogP contribution in [0.1, 0.15) is 6.42 Å². The first-order valence-electron chi connectivity index (χ1n) is 6.09. The van der Waals surface area contributed by atoms with Crippen LogP contribution in [0.25, 0.3) is 0 Å². The molecular weight excluding hydrogens is 230 g/mol. The van der Waals surface area contributed by atoms with E-state index in [9.17, 15) is 4.79 Å². The fourth-order valence-corrected chi connectivity index (χ4v) is 1.52. The van der Waals surface area contributed by atoms with E-state index >= 15 is 0 Å². The highest BCUT2D eigenvalue weighted by Crippen LogP contribution is 2.16. The Hall–Kier alpha value is -1.75. The molecule has 5 heteroatoms. The number of carbonyl (C=O) groups excluding carboxylic acids is 1. The highest BCUT2D eigenvalue weighted by atomic mass is 16.5. The van der Waals surface area contributed by atoms with Crippen LogP contribution >= 0.6 is 0 Å². The van der Waals surface area contributed by atoms with Crippen LogP contribution in [0.15, 0.2) is 24.3 Å². The van der Waals surface area contributed by atoms with E-state index in [0.717, 1.165) is 24.4 Å². The van der Waals surface area contributed by atoms with Crippen molar-refractivity contribution in [3.8, 4) is 5.75 Å². The Kier molecular flexibility index (Phi) is 6.00. The Labute approximate surface area is 108 Å². The molecule has 18 heavy (non-hydrogen) atoms. The molecule has 0 aliphatic heterocycles. The quantitative estimate of drug-likeness (QED) is 0.640. The minimum absolute atomic E-state index is 0.183. The van der Waals surface area contributed by atoms with Crippen LogP contribution in [0.3, 0.4) is 0 Å². The SMILES string of the molecule is COc1cccc(NC(=O)NCCC[NH+](C)C)c1. The molecule has 0 spiro atoms. The summed E-state index contributed by atoms with van der Waals surface area (Å²) in [6.07, 6.45) is 0.966. The van der Waals surface area contributed by atoms with Crippen molar-refractivity contribution in [2.24, 2.45) is 0 Å². The molecule has 100 valence electrons. The molecule has 0 aromatic heterocycles. The van der Waals surface area contributed by atoms with Crippen molar-refractivity contribution in [3.05, 3.63) is 24.3 Å². The van der Waals surface area contributed by atoms with E-state index < -0.39 is 0 Å². The molecular formula is C13H22N3O2+. The second kappa shape index (κ2) is 7.55. The predicted octanol–water partition coefficient (Wildman–Crippen LogP) is 0.351. The van der Waals surface area contributed by atoms with Crippen molar-refractivity contribution in [2.45, 2.75) is 6.42 Å². The van der Waals surface area contributed by atoms with Gasteiger partial charge in [0.1, 0.15) is 5.75 Å². The first-order valence-corrected chi connectivity index (χ1v) is 6.09. The van der Waals surface area contributed by atoms with Gasteiger partial charge in [-0.3, -0.25) is 0 Å². The summed E-state index contributed by atoms with van der Waals surface area (Å²) in [4.78, 5) is 13.0. The van der Waals surface area contributed by atoms with E-state index in [1.165, 1.54) is 4.90 Å². The molecule has 0 saturated carbocycles. The topological polar surface area (TPSA) is 54.8 Å². The Bertz CT molecular complexity index is 380. The molecule has 1 aromatic rings. The Morgan fingerprint density at radius 2 is 2.17 bits per heavy atom. The number of benzene rings is 1. The predicted molar refractivity (Wildman–Crippen MR) is 72.3 cm³/mol. The van der Waals surface area contributed by atoms with Gasteiger partial charge in [-0.2, -0.15) is 0 Å². The first-order chi connectivity index (χ1) is 8.61. The van der Waals surface area contributed by atoms with Gasteiger partial charge in [-0.25, -0.2) is 4.79 Å². The summed E-state index contributed by atoms with van der Waals surface area (Å²) in [5.41, 5.74) is 0.727. The molecule has 1 aromatic carbocycles. The molecule has 3 N–H and O–H groups in total. The van der Waals surface area contributed by atoms with Crippen molar-refractivity contribution in [1.82, 2.24) is 5.32 Å². The molecule has 0 unspecified atom stereocenters. The van der Waals surface area contributed by atoms with E-state index in [1.54, 1.807) is 13.2 Å². The van der Waals surface area contributed by atoms with Crippen LogP contribution in [0.5, 0.6) is 5.75 Å². The van der Waals surface area contributed by atoms with Gasteiger partial charge in [0.25, 0.3) is 0 Å². The highest BCUT2D eigenvalue weighted by molar-refractivity contribution is 5.89.